The van der Waals surface area contributed by atoms with Gasteiger partial charge in [-0.05, 0) is 41.0 Å². The Morgan fingerprint density at radius 3 is 2.55 bits per heavy atom. The number of benzene rings is 3. The maximum atomic E-state index is 13.2. The van der Waals surface area contributed by atoms with Crippen LogP contribution in [0.2, 0.25) is 0 Å². The molecule has 0 bridgehead atoms. The molecule has 2 heterocycles. The van der Waals surface area contributed by atoms with E-state index in [1.165, 1.54) is 24.4 Å². The molecule has 0 fully saturated rings. The van der Waals surface area contributed by atoms with Gasteiger partial charge in [0, 0.05) is 0 Å². The Labute approximate surface area is 176 Å². The third-order valence-corrected chi connectivity index (χ3v) is 5.54. The Bertz CT molecular complexity index is 1340. The molecule has 5 rings (SSSR count). The Morgan fingerprint density at radius 2 is 1.77 bits per heavy atom. The molecule has 152 valence electrons. The van der Waals surface area contributed by atoms with Gasteiger partial charge in [-0.15, -0.1) is 0 Å². The van der Waals surface area contributed by atoms with Crippen LogP contribution >= 0.6 is 0 Å². The second-order valence-electron chi connectivity index (χ2n) is 7.30. The molecule has 0 saturated carbocycles. The van der Waals surface area contributed by atoms with Crippen LogP contribution in [0.1, 0.15) is 48.4 Å². The molecule has 0 aliphatic carbocycles. The summed E-state index contributed by atoms with van der Waals surface area (Å²) in [7, 11) is 0. The molecule has 1 aliphatic rings. The zero-order valence-corrected chi connectivity index (χ0v) is 16.1. The molecular formula is C23H16N4O4. The smallest absolute Gasteiger partial charge is 0.335 e. The number of H-pyrrole nitrogens is 1. The number of nitrogens with zero attached hydrogens (tertiary/aromatic N) is 3. The van der Waals surface area contributed by atoms with E-state index < -0.39 is 23.8 Å². The highest BCUT2D eigenvalue weighted by atomic mass is 16.4. The van der Waals surface area contributed by atoms with Crippen molar-refractivity contribution < 1.29 is 19.5 Å². The topological polar surface area (TPSA) is 116 Å². The lowest BCUT2D eigenvalue weighted by molar-refractivity contribution is 0.0577. The molecule has 2 N–H and O–H groups in total. The molecule has 31 heavy (non-hydrogen) atoms. The van der Waals surface area contributed by atoms with Crippen molar-refractivity contribution in [2.24, 2.45) is 0 Å². The van der Waals surface area contributed by atoms with E-state index in [1.807, 2.05) is 42.5 Å². The minimum absolute atomic E-state index is 0.0474. The number of hydrogen-bond acceptors (Lipinski definition) is 5. The number of carbonyl (C=O) groups excluding carboxylic acids is 2. The van der Waals surface area contributed by atoms with E-state index in [2.05, 4.69) is 15.4 Å². The molecule has 2 amide bonds. The van der Waals surface area contributed by atoms with E-state index in [9.17, 15) is 19.5 Å². The van der Waals surface area contributed by atoms with Gasteiger partial charge < -0.3 is 5.11 Å². The van der Waals surface area contributed by atoms with Gasteiger partial charge in [-0.2, -0.15) is 15.4 Å². The predicted octanol–water partition coefficient (Wildman–Crippen LogP) is 3.24. The summed E-state index contributed by atoms with van der Waals surface area (Å²) in [6.45, 7) is 0. The Balaban J connectivity index is 1.59. The lowest BCUT2D eigenvalue weighted by atomic mass is 9.96. The largest absolute Gasteiger partial charge is 0.478 e. The minimum atomic E-state index is -1.16. The molecule has 8 heteroatoms. The van der Waals surface area contributed by atoms with Crippen molar-refractivity contribution in [3.63, 3.8) is 0 Å². The van der Waals surface area contributed by atoms with E-state index >= 15 is 0 Å². The highest BCUT2D eigenvalue weighted by Gasteiger charge is 2.42. The first-order valence-corrected chi connectivity index (χ1v) is 9.62. The van der Waals surface area contributed by atoms with Crippen molar-refractivity contribution in [1.82, 2.24) is 20.3 Å². The van der Waals surface area contributed by atoms with Crippen LogP contribution in [0.5, 0.6) is 0 Å². The maximum Gasteiger partial charge on any atom is 0.335 e. The van der Waals surface area contributed by atoms with Crippen LogP contribution in [0, 0.1) is 0 Å². The average molecular weight is 412 g/mol. The molecule has 1 aliphatic heterocycles. The van der Waals surface area contributed by atoms with Crippen LogP contribution < -0.4 is 0 Å². The van der Waals surface area contributed by atoms with Crippen LogP contribution in [-0.4, -0.2) is 43.2 Å². The number of imide groups is 1. The SMILES string of the molecule is O=C(O)c1ccc2c(c1)C(=O)N([C@H](Cc1cccc3ccccc13)c1cn[nH]n1)C2=O. The maximum absolute atomic E-state index is 13.2. The van der Waals surface area contributed by atoms with Crippen LogP contribution in [-0.2, 0) is 6.42 Å². The van der Waals surface area contributed by atoms with E-state index in [-0.39, 0.29) is 16.7 Å². The number of fused-ring (bicyclic) bond motifs is 2. The van der Waals surface area contributed by atoms with Crippen molar-refractivity contribution in [3.8, 4) is 0 Å². The minimum Gasteiger partial charge on any atom is -0.478 e. The number of carboxylic acid groups (broad SMARTS) is 1. The van der Waals surface area contributed by atoms with Gasteiger partial charge in [0.15, 0.2) is 0 Å². The number of hydrogen-bond donors (Lipinski definition) is 2. The van der Waals surface area contributed by atoms with Crippen LogP contribution in [0.4, 0.5) is 0 Å². The number of aromatic nitrogens is 3. The zero-order chi connectivity index (χ0) is 21.5. The number of carboxylic acids is 1. The summed E-state index contributed by atoms with van der Waals surface area (Å²) in [5, 5.41) is 21.9. The lowest BCUT2D eigenvalue weighted by Crippen LogP contribution is -2.35. The highest BCUT2D eigenvalue weighted by Crippen LogP contribution is 2.34. The fourth-order valence-corrected chi connectivity index (χ4v) is 4.05. The fraction of sp³-hybridized carbons (Fsp3) is 0.0870. The molecule has 0 spiro atoms. The molecule has 0 unspecified atom stereocenters. The number of nitrogens with one attached hydrogen (secondary N) is 1. The van der Waals surface area contributed by atoms with Gasteiger partial charge in [0.1, 0.15) is 5.69 Å². The monoisotopic (exact) mass is 412 g/mol. The van der Waals surface area contributed by atoms with Crippen molar-refractivity contribution >= 4 is 28.6 Å². The molecule has 0 saturated heterocycles. The van der Waals surface area contributed by atoms with Crippen molar-refractivity contribution in [2.45, 2.75) is 12.5 Å². The third kappa shape index (κ3) is 3.05. The van der Waals surface area contributed by atoms with E-state index in [4.69, 9.17) is 0 Å². The Morgan fingerprint density at radius 1 is 1.00 bits per heavy atom. The first-order chi connectivity index (χ1) is 15.0. The first kappa shape index (κ1) is 18.7. The second-order valence-corrected chi connectivity index (χ2v) is 7.30. The van der Waals surface area contributed by atoms with Gasteiger partial charge in [-0.25, -0.2) is 4.79 Å². The Kier molecular flexibility index (Phi) is 4.32. The van der Waals surface area contributed by atoms with Crippen LogP contribution in [0.3, 0.4) is 0 Å². The summed E-state index contributed by atoms with van der Waals surface area (Å²) < 4.78 is 0. The standard InChI is InChI=1S/C23H16N4O4/c28-21-17-9-8-15(23(30)31)10-18(17)22(29)27(21)20(19-12-24-26-25-19)11-14-6-3-5-13-4-1-2-7-16(13)14/h1-10,12,20H,11H2,(H,30,31)(H,24,25,26)/t20-/m1/s1. The van der Waals surface area contributed by atoms with Gasteiger partial charge in [0.2, 0.25) is 0 Å². The fourth-order valence-electron chi connectivity index (χ4n) is 4.05. The number of aromatic amines is 1. The van der Waals surface area contributed by atoms with Crippen LogP contribution in [0.15, 0.2) is 66.9 Å². The first-order valence-electron chi connectivity index (χ1n) is 9.62. The molecule has 4 aromatic rings. The van der Waals surface area contributed by atoms with Gasteiger partial charge in [-0.3, -0.25) is 14.5 Å². The summed E-state index contributed by atoms with van der Waals surface area (Å²) >= 11 is 0. The predicted molar refractivity (Wildman–Crippen MR) is 111 cm³/mol. The molecule has 3 aromatic carbocycles. The second kappa shape index (κ2) is 7.17. The zero-order valence-electron chi connectivity index (χ0n) is 16.1. The molecule has 1 aromatic heterocycles. The molecule has 1 atom stereocenters. The summed E-state index contributed by atoms with van der Waals surface area (Å²) in [5.74, 6) is -2.19. The molecular weight excluding hydrogens is 396 g/mol. The van der Waals surface area contributed by atoms with E-state index in [0.29, 0.717) is 12.1 Å². The van der Waals surface area contributed by atoms with E-state index in [1.54, 1.807) is 0 Å². The van der Waals surface area contributed by atoms with Gasteiger partial charge >= 0.3 is 5.97 Å². The number of rotatable bonds is 5. The van der Waals surface area contributed by atoms with Crippen molar-refractivity contribution in [1.29, 1.82) is 0 Å². The lowest BCUT2D eigenvalue weighted by Gasteiger charge is -2.25. The van der Waals surface area contributed by atoms with Gasteiger partial charge in [-0.1, -0.05) is 42.5 Å². The summed E-state index contributed by atoms with van der Waals surface area (Å²) in [6.07, 6.45) is 1.83. The normalized spacial score (nSPS) is 14.1. The quantitative estimate of drug-likeness (QED) is 0.486. The summed E-state index contributed by atoms with van der Waals surface area (Å²) in [4.78, 5) is 38.9. The number of amides is 2. The molecule has 0 radical (unpaired) electrons. The van der Waals surface area contributed by atoms with Crippen LogP contribution in [0.25, 0.3) is 10.8 Å². The average Bonchev–Trinajstić information content (AvgIpc) is 3.40. The van der Waals surface area contributed by atoms with Gasteiger partial charge in [0.05, 0.1) is 28.9 Å². The Hall–Kier alpha value is -4.33. The summed E-state index contributed by atoms with van der Waals surface area (Å²) in [5.41, 5.74) is 1.61. The number of carbonyl (C=O) groups is 3. The van der Waals surface area contributed by atoms with Crippen molar-refractivity contribution in [3.05, 3.63) is 94.8 Å². The van der Waals surface area contributed by atoms with Gasteiger partial charge in [0.25, 0.3) is 11.8 Å². The highest BCUT2D eigenvalue weighted by molar-refractivity contribution is 6.22. The molecule has 8 nitrogen and oxygen atoms in total. The van der Waals surface area contributed by atoms with Crippen molar-refractivity contribution in [2.75, 3.05) is 0 Å². The summed E-state index contributed by atoms with van der Waals surface area (Å²) in [6, 6.07) is 17.0. The third-order valence-electron chi connectivity index (χ3n) is 5.54. The van der Waals surface area contributed by atoms with E-state index in [0.717, 1.165) is 21.2 Å². The number of aromatic carboxylic acids is 1.